The molecule has 0 aliphatic carbocycles. The molecule has 0 radical (unpaired) electrons. The highest BCUT2D eigenvalue weighted by Gasteiger charge is 2.18. The molecule has 1 atom stereocenters. The number of rotatable bonds is 4. The van der Waals surface area contributed by atoms with Gasteiger partial charge in [0.15, 0.2) is 0 Å². The van der Waals surface area contributed by atoms with Crippen LogP contribution in [0.1, 0.15) is 29.2 Å². The van der Waals surface area contributed by atoms with Crippen molar-refractivity contribution < 1.29 is 9.53 Å². The normalized spacial score (nSPS) is 17.2. The average Bonchev–Trinajstić information content (AvgIpc) is 3.19. The van der Waals surface area contributed by atoms with Crippen LogP contribution in [-0.4, -0.2) is 40.9 Å². The first kappa shape index (κ1) is 16.5. The third-order valence-corrected chi connectivity index (χ3v) is 4.71. The van der Waals surface area contributed by atoms with Crippen molar-refractivity contribution in [2.45, 2.75) is 18.9 Å². The Morgan fingerprint density at radius 1 is 1.38 bits per heavy atom. The van der Waals surface area contributed by atoms with Crippen LogP contribution in [0.25, 0.3) is 10.9 Å². The van der Waals surface area contributed by atoms with Crippen molar-refractivity contribution in [3.63, 3.8) is 0 Å². The predicted molar refractivity (Wildman–Crippen MR) is 99.6 cm³/mol. The van der Waals surface area contributed by atoms with Gasteiger partial charge in [-0.3, -0.25) is 14.5 Å². The van der Waals surface area contributed by atoms with E-state index in [1.807, 2.05) is 35.1 Å². The summed E-state index contributed by atoms with van der Waals surface area (Å²) in [4.78, 5) is 17.0. The van der Waals surface area contributed by atoms with Crippen molar-refractivity contribution in [2.75, 3.05) is 25.5 Å². The molecule has 2 aromatic heterocycles. The molecule has 1 aromatic carbocycles. The van der Waals surface area contributed by atoms with E-state index in [2.05, 4.69) is 20.7 Å². The van der Waals surface area contributed by atoms with Crippen LogP contribution in [0.2, 0.25) is 0 Å². The lowest BCUT2D eigenvalue weighted by Crippen LogP contribution is -2.31. The molecule has 0 saturated carbocycles. The first-order valence-electron chi connectivity index (χ1n) is 8.74. The van der Waals surface area contributed by atoms with E-state index < -0.39 is 0 Å². The van der Waals surface area contributed by atoms with Crippen molar-refractivity contribution in [1.82, 2.24) is 20.1 Å². The first-order valence-corrected chi connectivity index (χ1v) is 8.74. The third-order valence-electron chi connectivity index (χ3n) is 4.71. The van der Waals surface area contributed by atoms with Gasteiger partial charge in [0.05, 0.1) is 30.6 Å². The van der Waals surface area contributed by atoms with Gasteiger partial charge in [-0.25, -0.2) is 0 Å². The summed E-state index contributed by atoms with van der Waals surface area (Å²) in [6, 6.07) is 7.69. The Balaban J connectivity index is 1.57. The molecule has 26 heavy (non-hydrogen) atoms. The van der Waals surface area contributed by atoms with E-state index in [1.54, 1.807) is 19.5 Å². The van der Waals surface area contributed by atoms with Crippen molar-refractivity contribution in [2.24, 2.45) is 0 Å². The number of benzene rings is 1. The van der Waals surface area contributed by atoms with Crippen molar-refractivity contribution in [3.8, 4) is 5.75 Å². The molecule has 3 aromatic rings. The van der Waals surface area contributed by atoms with E-state index >= 15 is 0 Å². The Morgan fingerprint density at radius 2 is 2.31 bits per heavy atom. The van der Waals surface area contributed by atoms with Gasteiger partial charge in [0.1, 0.15) is 11.3 Å². The van der Waals surface area contributed by atoms with Gasteiger partial charge in [0, 0.05) is 24.3 Å². The Kier molecular flexibility index (Phi) is 4.53. The van der Waals surface area contributed by atoms with E-state index in [9.17, 15) is 4.79 Å². The maximum absolute atomic E-state index is 12.7. The van der Waals surface area contributed by atoms with Gasteiger partial charge in [-0.05, 0) is 43.7 Å². The number of piperidine rings is 1. The fourth-order valence-corrected chi connectivity index (χ4v) is 3.33. The number of aromatic nitrogens is 3. The number of fused-ring (bicyclic) bond motifs is 1. The van der Waals surface area contributed by atoms with Gasteiger partial charge in [-0.15, -0.1) is 0 Å². The number of anilines is 1. The Morgan fingerprint density at radius 3 is 3.12 bits per heavy atom. The lowest BCUT2D eigenvalue weighted by molar-refractivity contribution is 0.102. The van der Waals surface area contributed by atoms with Crippen LogP contribution in [0, 0.1) is 0 Å². The number of nitrogens with zero attached hydrogens (tertiary/aromatic N) is 3. The number of nitrogens with one attached hydrogen (secondary N) is 2. The molecule has 1 amide bonds. The molecule has 7 nitrogen and oxygen atoms in total. The van der Waals surface area contributed by atoms with Crippen molar-refractivity contribution in [3.05, 3.63) is 48.4 Å². The Hall–Kier alpha value is -2.93. The summed E-state index contributed by atoms with van der Waals surface area (Å²) in [5.41, 5.74) is 1.96. The summed E-state index contributed by atoms with van der Waals surface area (Å²) >= 11 is 0. The fraction of sp³-hybridized carbons (Fsp3) is 0.316. The van der Waals surface area contributed by atoms with Crippen LogP contribution in [0.3, 0.4) is 0 Å². The maximum Gasteiger partial charge on any atom is 0.258 e. The molecule has 1 saturated heterocycles. The van der Waals surface area contributed by atoms with E-state index in [0.717, 1.165) is 36.8 Å². The molecule has 134 valence electrons. The average molecular weight is 351 g/mol. The van der Waals surface area contributed by atoms with Crippen LogP contribution in [0.15, 0.2) is 42.9 Å². The molecule has 3 heterocycles. The minimum absolute atomic E-state index is 0.185. The molecule has 1 aliphatic rings. The lowest BCUT2D eigenvalue weighted by Gasteiger charge is -2.22. The largest absolute Gasteiger partial charge is 0.494 e. The highest BCUT2D eigenvalue weighted by atomic mass is 16.5. The molecule has 4 rings (SSSR count). The SMILES string of the molecule is COc1ccc(NC(=O)c2cnn(C3CCCNC3)c2)c2cccnc12. The van der Waals surface area contributed by atoms with Gasteiger partial charge in [-0.1, -0.05) is 0 Å². The van der Waals surface area contributed by atoms with Gasteiger partial charge >= 0.3 is 0 Å². The quantitative estimate of drug-likeness (QED) is 0.755. The predicted octanol–water partition coefficient (Wildman–Crippen LogP) is 2.62. The second-order valence-corrected chi connectivity index (χ2v) is 6.38. The topological polar surface area (TPSA) is 81.1 Å². The van der Waals surface area contributed by atoms with Crippen molar-refractivity contribution >= 4 is 22.5 Å². The highest BCUT2D eigenvalue weighted by molar-refractivity contribution is 6.09. The molecule has 0 spiro atoms. The number of hydrogen-bond acceptors (Lipinski definition) is 5. The van der Waals surface area contributed by atoms with Crippen LogP contribution < -0.4 is 15.4 Å². The minimum Gasteiger partial charge on any atom is -0.494 e. The maximum atomic E-state index is 12.7. The molecule has 2 N–H and O–H groups in total. The standard InChI is InChI=1S/C19H21N5O2/c1-26-17-7-6-16(15-5-3-9-21-18(15)17)23-19(25)13-10-22-24(12-13)14-4-2-8-20-11-14/h3,5-7,9-10,12,14,20H,2,4,8,11H2,1H3,(H,23,25). The molecule has 1 aliphatic heterocycles. The second-order valence-electron chi connectivity index (χ2n) is 6.38. The fourth-order valence-electron chi connectivity index (χ4n) is 3.33. The number of carbonyl (C=O) groups is 1. The van der Waals surface area contributed by atoms with E-state index in [1.165, 1.54) is 0 Å². The number of ether oxygens (including phenoxy) is 1. The van der Waals surface area contributed by atoms with Gasteiger partial charge in [0.25, 0.3) is 5.91 Å². The van der Waals surface area contributed by atoms with Crippen LogP contribution >= 0.6 is 0 Å². The summed E-state index contributed by atoms with van der Waals surface area (Å²) < 4.78 is 7.23. The summed E-state index contributed by atoms with van der Waals surface area (Å²) in [6.07, 6.45) is 7.34. The third kappa shape index (κ3) is 3.13. The smallest absolute Gasteiger partial charge is 0.258 e. The first-order chi connectivity index (χ1) is 12.8. The number of methoxy groups -OCH3 is 1. The number of amides is 1. The molecule has 0 bridgehead atoms. The van der Waals surface area contributed by atoms with E-state index in [0.29, 0.717) is 23.0 Å². The Bertz CT molecular complexity index is 931. The zero-order valence-corrected chi connectivity index (χ0v) is 14.6. The number of carbonyl (C=O) groups excluding carboxylic acids is 1. The van der Waals surface area contributed by atoms with E-state index in [-0.39, 0.29) is 5.91 Å². The Labute approximate surface area is 151 Å². The monoisotopic (exact) mass is 351 g/mol. The summed E-state index contributed by atoms with van der Waals surface area (Å²) in [7, 11) is 1.61. The summed E-state index contributed by atoms with van der Waals surface area (Å²) in [5, 5.41) is 11.5. The van der Waals surface area contributed by atoms with Crippen LogP contribution in [-0.2, 0) is 0 Å². The van der Waals surface area contributed by atoms with Gasteiger partial charge < -0.3 is 15.4 Å². The van der Waals surface area contributed by atoms with Gasteiger partial charge in [0.2, 0.25) is 0 Å². The molecular formula is C19H21N5O2. The van der Waals surface area contributed by atoms with Crippen LogP contribution in [0.5, 0.6) is 5.75 Å². The van der Waals surface area contributed by atoms with E-state index in [4.69, 9.17) is 4.74 Å². The molecule has 7 heteroatoms. The molecule has 1 fully saturated rings. The zero-order valence-electron chi connectivity index (χ0n) is 14.6. The van der Waals surface area contributed by atoms with Gasteiger partial charge in [-0.2, -0.15) is 5.10 Å². The molecule has 1 unspecified atom stereocenters. The molecular weight excluding hydrogens is 330 g/mol. The minimum atomic E-state index is -0.185. The van der Waals surface area contributed by atoms with Crippen LogP contribution in [0.4, 0.5) is 5.69 Å². The lowest BCUT2D eigenvalue weighted by atomic mass is 10.1. The number of pyridine rings is 1. The summed E-state index contributed by atoms with van der Waals surface area (Å²) in [5.74, 6) is 0.492. The zero-order chi connectivity index (χ0) is 17.9. The second kappa shape index (κ2) is 7.13. The number of hydrogen-bond donors (Lipinski definition) is 2. The summed E-state index contributed by atoms with van der Waals surface area (Å²) in [6.45, 7) is 1.93. The highest BCUT2D eigenvalue weighted by Crippen LogP contribution is 2.30. The van der Waals surface area contributed by atoms with Crippen molar-refractivity contribution in [1.29, 1.82) is 0 Å².